The maximum Gasteiger partial charge on any atom is 0.223 e. The molecule has 1 aliphatic heterocycles. The number of carbonyl (C=O) groups excluding carboxylic acids is 1. The highest BCUT2D eigenvalue weighted by Gasteiger charge is 2.12. The molecule has 2 N–H and O–H groups in total. The van der Waals surface area contributed by atoms with Crippen LogP contribution in [0.5, 0.6) is 0 Å². The van der Waals surface area contributed by atoms with Crippen molar-refractivity contribution in [3.63, 3.8) is 0 Å². The Balaban J connectivity index is 1.72. The quantitative estimate of drug-likeness (QED) is 0.911. The van der Waals surface area contributed by atoms with Crippen LogP contribution >= 0.6 is 11.3 Å². The standard InChI is InChI=1S/C16H19N3O2S/c17-15(20)9-14-11-22-16(18-14)13-3-1-2-12(8-13)10-19-4-6-21-7-5-19/h1-3,8,11H,4-7,9-10H2,(H2,17,20). The second kappa shape index (κ2) is 7.00. The summed E-state index contributed by atoms with van der Waals surface area (Å²) >= 11 is 1.55. The Morgan fingerprint density at radius 1 is 1.36 bits per heavy atom. The molecule has 2 aromatic rings. The van der Waals surface area contributed by atoms with Crippen LogP contribution in [0.15, 0.2) is 29.6 Å². The molecular weight excluding hydrogens is 298 g/mol. The first-order valence-electron chi connectivity index (χ1n) is 7.33. The number of morpholine rings is 1. The second-order valence-electron chi connectivity index (χ2n) is 5.38. The summed E-state index contributed by atoms with van der Waals surface area (Å²) in [5.41, 5.74) is 8.31. The number of hydrogen-bond acceptors (Lipinski definition) is 5. The highest BCUT2D eigenvalue weighted by atomic mass is 32.1. The number of hydrogen-bond donors (Lipinski definition) is 1. The molecule has 2 heterocycles. The molecule has 0 bridgehead atoms. The summed E-state index contributed by atoms with van der Waals surface area (Å²) in [5, 5.41) is 2.83. The van der Waals surface area contributed by atoms with Crippen molar-refractivity contribution in [1.82, 2.24) is 9.88 Å². The van der Waals surface area contributed by atoms with Crippen LogP contribution in [0.2, 0.25) is 0 Å². The lowest BCUT2D eigenvalue weighted by Gasteiger charge is -2.26. The van der Waals surface area contributed by atoms with E-state index in [1.165, 1.54) is 5.56 Å². The number of thiazole rings is 1. The van der Waals surface area contributed by atoms with E-state index in [1.54, 1.807) is 11.3 Å². The normalized spacial score (nSPS) is 15.8. The van der Waals surface area contributed by atoms with E-state index in [0.717, 1.165) is 49.1 Å². The number of primary amides is 1. The van der Waals surface area contributed by atoms with Crippen LogP contribution in [-0.4, -0.2) is 42.1 Å². The van der Waals surface area contributed by atoms with E-state index in [1.807, 2.05) is 5.38 Å². The molecule has 0 saturated carbocycles. The SMILES string of the molecule is NC(=O)Cc1csc(-c2cccc(CN3CCOCC3)c2)n1. The third-order valence-corrected chi connectivity index (χ3v) is 4.53. The van der Waals surface area contributed by atoms with E-state index >= 15 is 0 Å². The molecule has 0 aliphatic carbocycles. The molecule has 22 heavy (non-hydrogen) atoms. The highest BCUT2D eigenvalue weighted by Crippen LogP contribution is 2.25. The van der Waals surface area contributed by atoms with E-state index in [4.69, 9.17) is 10.5 Å². The number of carbonyl (C=O) groups is 1. The summed E-state index contributed by atoms with van der Waals surface area (Å²) in [5.74, 6) is -0.349. The first-order valence-corrected chi connectivity index (χ1v) is 8.21. The van der Waals surface area contributed by atoms with Crippen LogP contribution in [0.3, 0.4) is 0 Å². The molecule has 6 heteroatoms. The van der Waals surface area contributed by atoms with Crippen LogP contribution < -0.4 is 5.73 Å². The number of rotatable bonds is 5. The summed E-state index contributed by atoms with van der Waals surface area (Å²) < 4.78 is 5.38. The number of nitrogens with two attached hydrogens (primary N) is 1. The zero-order valence-electron chi connectivity index (χ0n) is 12.3. The van der Waals surface area contributed by atoms with Gasteiger partial charge in [-0.1, -0.05) is 18.2 Å². The lowest BCUT2D eigenvalue weighted by molar-refractivity contribution is -0.117. The Bertz CT molecular complexity index is 650. The van der Waals surface area contributed by atoms with Crippen LogP contribution in [0.25, 0.3) is 10.6 Å². The third-order valence-electron chi connectivity index (χ3n) is 3.59. The number of aromatic nitrogens is 1. The second-order valence-corrected chi connectivity index (χ2v) is 6.23. The largest absolute Gasteiger partial charge is 0.379 e. The van der Waals surface area contributed by atoms with Crippen LogP contribution in [0, 0.1) is 0 Å². The molecule has 1 fully saturated rings. The van der Waals surface area contributed by atoms with Crippen molar-refractivity contribution in [2.45, 2.75) is 13.0 Å². The van der Waals surface area contributed by atoms with Gasteiger partial charge in [-0.15, -0.1) is 11.3 Å². The van der Waals surface area contributed by atoms with Gasteiger partial charge < -0.3 is 10.5 Å². The lowest BCUT2D eigenvalue weighted by atomic mass is 10.1. The van der Waals surface area contributed by atoms with Gasteiger partial charge >= 0.3 is 0 Å². The minimum Gasteiger partial charge on any atom is -0.379 e. The molecular formula is C16H19N3O2S. The summed E-state index contributed by atoms with van der Waals surface area (Å²) in [6.45, 7) is 4.50. The van der Waals surface area contributed by atoms with Crippen LogP contribution in [-0.2, 0) is 22.5 Å². The number of amides is 1. The smallest absolute Gasteiger partial charge is 0.223 e. The molecule has 1 amide bonds. The zero-order valence-corrected chi connectivity index (χ0v) is 13.1. The van der Waals surface area contributed by atoms with Crippen LogP contribution in [0.1, 0.15) is 11.3 Å². The Morgan fingerprint density at radius 3 is 2.95 bits per heavy atom. The van der Waals surface area contributed by atoms with Crippen molar-refractivity contribution < 1.29 is 9.53 Å². The van der Waals surface area contributed by atoms with Crippen molar-refractivity contribution in [1.29, 1.82) is 0 Å². The van der Waals surface area contributed by atoms with E-state index in [9.17, 15) is 4.79 Å². The molecule has 0 radical (unpaired) electrons. The molecule has 116 valence electrons. The molecule has 3 rings (SSSR count). The van der Waals surface area contributed by atoms with Gasteiger partial charge in [-0.2, -0.15) is 0 Å². The number of ether oxygens (including phenoxy) is 1. The molecule has 0 unspecified atom stereocenters. The van der Waals surface area contributed by atoms with Gasteiger partial charge in [-0.05, 0) is 11.6 Å². The molecule has 0 spiro atoms. The van der Waals surface area contributed by atoms with Gasteiger partial charge in [0, 0.05) is 30.6 Å². The van der Waals surface area contributed by atoms with Crippen molar-refractivity contribution in [3.05, 3.63) is 40.9 Å². The Hall–Kier alpha value is -1.76. The molecule has 1 aliphatic rings. The van der Waals surface area contributed by atoms with Gasteiger partial charge in [0.1, 0.15) is 5.01 Å². The fraction of sp³-hybridized carbons (Fsp3) is 0.375. The fourth-order valence-corrected chi connectivity index (χ4v) is 3.34. The molecule has 0 atom stereocenters. The summed E-state index contributed by atoms with van der Waals surface area (Å²) in [4.78, 5) is 17.8. The average Bonchev–Trinajstić information content (AvgIpc) is 2.96. The summed E-state index contributed by atoms with van der Waals surface area (Å²) in [6, 6.07) is 8.41. The first-order chi connectivity index (χ1) is 10.7. The van der Waals surface area contributed by atoms with Gasteiger partial charge in [0.15, 0.2) is 0 Å². The number of nitrogens with zero attached hydrogens (tertiary/aromatic N) is 2. The fourth-order valence-electron chi connectivity index (χ4n) is 2.52. The first kappa shape index (κ1) is 15.1. The van der Waals surface area contributed by atoms with Gasteiger partial charge in [0.25, 0.3) is 0 Å². The lowest BCUT2D eigenvalue weighted by Crippen LogP contribution is -2.35. The monoisotopic (exact) mass is 317 g/mol. The zero-order chi connectivity index (χ0) is 15.4. The van der Waals surface area contributed by atoms with Gasteiger partial charge in [0.05, 0.1) is 25.3 Å². The highest BCUT2D eigenvalue weighted by molar-refractivity contribution is 7.13. The molecule has 1 aromatic carbocycles. The van der Waals surface area contributed by atoms with Crippen molar-refractivity contribution >= 4 is 17.2 Å². The predicted molar refractivity (Wildman–Crippen MR) is 86.5 cm³/mol. The van der Waals surface area contributed by atoms with Crippen molar-refractivity contribution in [2.24, 2.45) is 5.73 Å². The topological polar surface area (TPSA) is 68.5 Å². The minimum atomic E-state index is -0.349. The maximum atomic E-state index is 11.0. The Labute approximate surface area is 133 Å². The minimum absolute atomic E-state index is 0.198. The molecule has 1 saturated heterocycles. The maximum absolute atomic E-state index is 11.0. The number of benzene rings is 1. The van der Waals surface area contributed by atoms with Crippen LogP contribution in [0.4, 0.5) is 0 Å². The average molecular weight is 317 g/mol. The van der Waals surface area contributed by atoms with Gasteiger partial charge in [0.2, 0.25) is 5.91 Å². The Morgan fingerprint density at radius 2 is 2.18 bits per heavy atom. The predicted octanol–water partition coefficient (Wildman–Crippen LogP) is 1.67. The van der Waals surface area contributed by atoms with E-state index in [2.05, 4.69) is 34.1 Å². The van der Waals surface area contributed by atoms with Gasteiger partial charge in [-0.3, -0.25) is 9.69 Å². The molecule has 5 nitrogen and oxygen atoms in total. The third kappa shape index (κ3) is 3.91. The van der Waals surface area contributed by atoms with E-state index in [0.29, 0.717) is 0 Å². The van der Waals surface area contributed by atoms with Crippen molar-refractivity contribution in [2.75, 3.05) is 26.3 Å². The van der Waals surface area contributed by atoms with E-state index in [-0.39, 0.29) is 12.3 Å². The van der Waals surface area contributed by atoms with Crippen molar-refractivity contribution in [3.8, 4) is 10.6 Å². The molecule has 1 aromatic heterocycles. The Kier molecular flexibility index (Phi) is 4.82. The van der Waals surface area contributed by atoms with E-state index < -0.39 is 0 Å². The summed E-state index contributed by atoms with van der Waals surface area (Å²) in [7, 11) is 0. The summed E-state index contributed by atoms with van der Waals surface area (Å²) in [6.07, 6.45) is 0.198. The van der Waals surface area contributed by atoms with Gasteiger partial charge in [-0.25, -0.2) is 4.98 Å².